The Kier molecular flexibility index (Phi) is 33.1. The summed E-state index contributed by atoms with van der Waals surface area (Å²) in [5.41, 5.74) is 0. The van der Waals surface area contributed by atoms with Crippen LogP contribution in [0, 0.1) is 5.92 Å². The smallest absolute Gasteiger partial charge is 0.305 e. The highest BCUT2D eigenvalue weighted by Gasteiger charge is 2.12. The van der Waals surface area contributed by atoms with Crippen molar-refractivity contribution in [3.8, 4) is 0 Å². The summed E-state index contributed by atoms with van der Waals surface area (Å²) in [5, 5.41) is 29.8. The van der Waals surface area contributed by atoms with Crippen LogP contribution >= 0.6 is 0 Å². The Balaban J connectivity index is 3.75. The van der Waals surface area contributed by atoms with E-state index in [1.165, 1.54) is 57.8 Å². The monoisotopic (exact) mass is 687 g/mol. The Morgan fingerprint density at radius 3 is 1.76 bits per heavy atom. The molecule has 7 nitrogen and oxygen atoms in total. The zero-order valence-corrected chi connectivity index (χ0v) is 31.1. The van der Waals surface area contributed by atoms with Gasteiger partial charge in [0.1, 0.15) is 19.3 Å². The quantitative estimate of drug-likeness (QED) is 0.0280. The molecule has 49 heavy (non-hydrogen) atoms. The Morgan fingerprint density at radius 2 is 1.16 bits per heavy atom. The molecule has 1 unspecified atom stereocenters. The van der Waals surface area contributed by atoms with Gasteiger partial charge in [-0.2, -0.15) is 0 Å². The van der Waals surface area contributed by atoms with Crippen molar-refractivity contribution in [3.05, 3.63) is 72.9 Å². The molecule has 0 aromatic rings. The summed E-state index contributed by atoms with van der Waals surface area (Å²) in [6.07, 6.45) is 38.8. The Hall–Kier alpha value is -2.74. The summed E-state index contributed by atoms with van der Waals surface area (Å²) in [6, 6.07) is 0. The summed E-state index contributed by atoms with van der Waals surface area (Å²) < 4.78 is 10.2. The molecule has 0 aromatic heterocycles. The second kappa shape index (κ2) is 35.1. The number of carbonyl (C=O) groups is 2. The molecule has 0 spiro atoms. The molecule has 0 saturated carbocycles. The Labute approximate surface area is 298 Å². The molecular weight excluding hydrogens is 616 g/mol. The van der Waals surface area contributed by atoms with Crippen LogP contribution in [-0.4, -0.2) is 58.8 Å². The number of aliphatic hydroxyl groups is 3. The van der Waals surface area contributed by atoms with Crippen LogP contribution in [0.2, 0.25) is 0 Å². The normalized spacial score (nSPS) is 15.0. The van der Waals surface area contributed by atoms with Gasteiger partial charge in [-0.25, -0.2) is 0 Å². The van der Waals surface area contributed by atoms with E-state index in [9.17, 15) is 24.9 Å². The van der Waals surface area contributed by atoms with Crippen LogP contribution in [0.1, 0.15) is 143 Å². The SMILES string of the molecule is CC/C=C\C[C@@H](O)/C=C/C=C\C/C=C\C=C\[C@@H](O)/C=C\CCCC(=O)OC[C@H](O)COC(=O)CCCCCCCCCCCCC(C)CC. The third kappa shape index (κ3) is 34.9. The van der Waals surface area contributed by atoms with Gasteiger partial charge in [0.05, 0.1) is 12.2 Å². The van der Waals surface area contributed by atoms with Crippen molar-refractivity contribution >= 4 is 11.9 Å². The van der Waals surface area contributed by atoms with Crippen LogP contribution in [0.5, 0.6) is 0 Å². The lowest BCUT2D eigenvalue weighted by molar-refractivity contribution is -0.152. The van der Waals surface area contributed by atoms with E-state index in [0.717, 1.165) is 38.0 Å². The molecule has 0 aliphatic carbocycles. The van der Waals surface area contributed by atoms with E-state index >= 15 is 0 Å². The lowest BCUT2D eigenvalue weighted by atomic mass is 9.99. The highest BCUT2D eigenvalue weighted by Crippen LogP contribution is 2.15. The van der Waals surface area contributed by atoms with Crippen LogP contribution in [-0.2, 0) is 19.1 Å². The topological polar surface area (TPSA) is 113 Å². The lowest BCUT2D eigenvalue weighted by Gasteiger charge is -2.12. The maximum Gasteiger partial charge on any atom is 0.305 e. The van der Waals surface area contributed by atoms with E-state index in [1.807, 2.05) is 48.6 Å². The fraction of sp³-hybridized carbons (Fsp3) is 0.667. The number of carbonyl (C=O) groups excluding carboxylic acids is 2. The van der Waals surface area contributed by atoms with Gasteiger partial charge in [-0.15, -0.1) is 0 Å². The maximum absolute atomic E-state index is 12.0. The first-order valence-electron chi connectivity index (χ1n) is 19.1. The van der Waals surface area contributed by atoms with Crippen molar-refractivity contribution < 1.29 is 34.4 Å². The molecule has 0 saturated heterocycles. The molecule has 0 radical (unpaired) electrons. The molecule has 0 aromatic carbocycles. The van der Waals surface area contributed by atoms with Crippen LogP contribution in [0.25, 0.3) is 0 Å². The first kappa shape index (κ1) is 46.3. The van der Waals surface area contributed by atoms with E-state index in [-0.39, 0.29) is 25.6 Å². The molecule has 0 heterocycles. The van der Waals surface area contributed by atoms with Gasteiger partial charge in [0, 0.05) is 12.8 Å². The first-order valence-corrected chi connectivity index (χ1v) is 19.1. The van der Waals surface area contributed by atoms with Crippen molar-refractivity contribution in [1.29, 1.82) is 0 Å². The largest absolute Gasteiger partial charge is 0.463 e. The van der Waals surface area contributed by atoms with Gasteiger partial charge in [-0.05, 0) is 44.4 Å². The van der Waals surface area contributed by atoms with Crippen molar-refractivity contribution in [2.75, 3.05) is 13.2 Å². The minimum atomic E-state index is -1.04. The molecule has 0 aliphatic heterocycles. The third-order valence-corrected chi connectivity index (χ3v) is 8.17. The predicted octanol–water partition coefficient (Wildman–Crippen LogP) is 9.58. The van der Waals surface area contributed by atoms with E-state index in [4.69, 9.17) is 9.47 Å². The number of unbranched alkanes of at least 4 members (excludes halogenated alkanes) is 10. The summed E-state index contributed by atoms with van der Waals surface area (Å²) in [4.78, 5) is 23.9. The maximum atomic E-state index is 12.0. The van der Waals surface area contributed by atoms with Crippen LogP contribution < -0.4 is 0 Å². The zero-order valence-electron chi connectivity index (χ0n) is 31.1. The van der Waals surface area contributed by atoms with Crippen molar-refractivity contribution in [3.63, 3.8) is 0 Å². The molecule has 7 heteroatoms. The second-order valence-corrected chi connectivity index (χ2v) is 13.0. The summed E-state index contributed by atoms with van der Waals surface area (Å²) in [7, 11) is 0. The number of hydrogen-bond acceptors (Lipinski definition) is 7. The van der Waals surface area contributed by atoms with Gasteiger partial charge in [0.25, 0.3) is 0 Å². The molecule has 0 fully saturated rings. The Morgan fingerprint density at radius 1 is 0.612 bits per heavy atom. The lowest BCUT2D eigenvalue weighted by Crippen LogP contribution is -2.25. The van der Waals surface area contributed by atoms with E-state index in [0.29, 0.717) is 25.7 Å². The zero-order chi connectivity index (χ0) is 36.2. The molecule has 0 aliphatic rings. The van der Waals surface area contributed by atoms with E-state index in [2.05, 4.69) is 20.8 Å². The predicted molar refractivity (Wildman–Crippen MR) is 203 cm³/mol. The Bertz CT molecular complexity index is 962. The highest BCUT2D eigenvalue weighted by molar-refractivity contribution is 5.69. The average Bonchev–Trinajstić information content (AvgIpc) is 3.09. The minimum Gasteiger partial charge on any atom is -0.463 e. The molecular formula is C42H70O7. The number of hydrogen-bond donors (Lipinski definition) is 3. The summed E-state index contributed by atoms with van der Waals surface area (Å²) in [5.74, 6) is 0.116. The summed E-state index contributed by atoms with van der Waals surface area (Å²) >= 11 is 0. The molecule has 0 amide bonds. The van der Waals surface area contributed by atoms with Gasteiger partial charge in [0.15, 0.2) is 0 Å². The fourth-order valence-corrected chi connectivity index (χ4v) is 4.86. The van der Waals surface area contributed by atoms with Crippen LogP contribution in [0.3, 0.4) is 0 Å². The number of ether oxygens (including phenoxy) is 2. The number of aliphatic hydroxyl groups excluding tert-OH is 3. The molecule has 4 atom stereocenters. The molecule has 3 N–H and O–H groups in total. The van der Waals surface area contributed by atoms with E-state index < -0.39 is 24.3 Å². The number of esters is 2. The number of allylic oxidation sites excluding steroid dienone is 8. The summed E-state index contributed by atoms with van der Waals surface area (Å²) in [6.45, 7) is 6.29. The average molecular weight is 687 g/mol. The van der Waals surface area contributed by atoms with Gasteiger partial charge < -0.3 is 24.8 Å². The highest BCUT2D eigenvalue weighted by atomic mass is 16.6. The fourth-order valence-electron chi connectivity index (χ4n) is 4.86. The van der Waals surface area contributed by atoms with Gasteiger partial charge in [0.2, 0.25) is 0 Å². The van der Waals surface area contributed by atoms with Crippen molar-refractivity contribution in [2.45, 2.75) is 161 Å². The minimum absolute atomic E-state index is 0.177. The van der Waals surface area contributed by atoms with Crippen molar-refractivity contribution in [1.82, 2.24) is 0 Å². The third-order valence-electron chi connectivity index (χ3n) is 8.17. The van der Waals surface area contributed by atoms with Crippen LogP contribution in [0.15, 0.2) is 72.9 Å². The first-order chi connectivity index (χ1) is 23.8. The number of rotatable bonds is 32. The van der Waals surface area contributed by atoms with Crippen LogP contribution in [0.4, 0.5) is 0 Å². The van der Waals surface area contributed by atoms with E-state index in [1.54, 1.807) is 24.3 Å². The standard InChI is InChI=1S/C42H70O7/c1-4-6-21-29-38(43)30-23-17-13-11-14-18-24-31-39(44)32-25-20-27-34-42(47)49-36-40(45)35-48-41(46)33-26-19-15-10-8-7-9-12-16-22-28-37(3)5-2/h6,13-14,17-18,21,23-25,30-32,37-40,43-45H,4-5,7-12,15-16,19-20,22,26-29,33-36H2,1-3H3/b17-13-,18-14-,21-6-,30-23+,31-24+,32-25-/t37?,38-,39-,40-/m1/s1. The van der Waals surface area contributed by atoms with Crippen molar-refractivity contribution in [2.24, 2.45) is 5.92 Å². The molecule has 280 valence electrons. The van der Waals surface area contributed by atoms with Gasteiger partial charge in [-0.3, -0.25) is 9.59 Å². The van der Waals surface area contributed by atoms with Gasteiger partial charge in [-0.1, -0.05) is 164 Å². The van der Waals surface area contributed by atoms with Gasteiger partial charge >= 0.3 is 11.9 Å². The second-order valence-electron chi connectivity index (χ2n) is 13.0. The molecule has 0 bridgehead atoms. The molecule has 0 rings (SSSR count).